The monoisotopic (exact) mass is 252 g/mol. The molecule has 0 saturated carbocycles. The van der Waals surface area contributed by atoms with Gasteiger partial charge in [-0.2, -0.15) is 0 Å². The van der Waals surface area contributed by atoms with E-state index in [1.54, 1.807) is 0 Å². The van der Waals surface area contributed by atoms with Gasteiger partial charge in [0, 0.05) is 0 Å². The maximum Gasteiger partial charge on any atom is 0.325 e. The summed E-state index contributed by atoms with van der Waals surface area (Å²) in [4.78, 5) is 14.3. The highest BCUT2D eigenvalue weighted by molar-refractivity contribution is 7.34. The van der Waals surface area contributed by atoms with Crippen molar-refractivity contribution in [3.05, 3.63) is 0 Å². The van der Waals surface area contributed by atoms with E-state index in [0.29, 0.717) is 0 Å². The van der Waals surface area contributed by atoms with E-state index in [0.717, 1.165) is 0 Å². The summed E-state index contributed by atoms with van der Waals surface area (Å²) in [5.74, 6) is 0. The Kier molecular flexibility index (Phi) is 11.5. The molecule has 0 aromatic rings. The molecule has 0 radical (unpaired) electrons. The zero-order valence-electron chi connectivity index (χ0n) is 6.99. The van der Waals surface area contributed by atoms with E-state index >= 15 is 0 Å². The molecular weight excluding hydrogens is 238 g/mol. The third kappa shape index (κ3) is 22.7. The summed E-state index contributed by atoms with van der Waals surface area (Å²) < 4.78 is 27.0. The first-order valence-corrected chi connectivity index (χ1v) is 5.60. The molecule has 0 amide bonds. The molecule has 0 unspecified atom stereocenters. The molecule has 10 nitrogen and oxygen atoms in total. The summed E-state index contributed by atoms with van der Waals surface area (Å²) >= 11 is 0. The molecule has 0 aromatic carbocycles. The van der Waals surface area contributed by atoms with Crippen LogP contribution in [0, 0.1) is 0 Å². The fraction of sp³-hybridized carbons (Fsp3) is 1.00. The maximum atomic E-state index is 9.77. The van der Waals surface area contributed by atoms with E-state index in [1.807, 2.05) is 0 Å². The summed E-state index contributed by atoms with van der Waals surface area (Å²) in [7, 11) is -5.25. The lowest BCUT2D eigenvalue weighted by Crippen LogP contribution is -2.39. The van der Waals surface area contributed by atoms with Crippen LogP contribution < -0.4 is 22.9 Å². The molecule has 0 aromatic heterocycles. The summed E-state index contributed by atoms with van der Waals surface area (Å²) in [5, 5.41) is 0. The molecule has 0 spiro atoms. The molecule has 0 bridgehead atoms. The highest BCUT2D eigenvalue weighted by Gasteiger charge is 2.20. The fourth-order valence-electron chi connectivity index (χ4n) is 0.199. The van der Waals surface area contributed by atoms with Gasteiger partial charge in [0.05, 0.1) is 0 Å². The Morgan fingerprint density at radius 2 is 1.50 bits per heavy atom. The van der Waals surface area contributed by atoms with Crippen LogP contribution in [0.1, 0.15) is 0 Å². The molecule has 1 fully saturated rings. The van der Waals surface area contributed by atoms with E-state index in [4.69, 9.17) is 20.1 Å². The van der Waals surface area contributed by atoms with Crippen molar-refractivity contribution in [1.29, 1.82) is 0 Å². The van der Waals surface area contributed by atoms with E-state index in [9.17, 15) is 4.57 Å². The van der Waals surface area contributed by atoms with E-state index in [1.165, 1.54) is 0 Å². The van der Waals surface area contributed by atoms with Gasteiger partial charge in [-0.15, -0.1) is 0 Å². The van der Waals surface area contributed by atoms with Gasteiger partial charge in [0.2, 0.25) is 6.41 Å². The van der Waals surface area contributed by atoms with Crippen LogP contribution in [-0.4, -0.2) is 22.5 Å². The van der Waals surface area contributed by atoms with Gasteiger partial charge < -0.3 is 27.0 Å². The van der Waals surface area contributed by atoms with Crippen molar-refractivity contribution in [2.45, 2.75) is 12.7 Å². The molecule has 1 heterocycles. The van der Waals surface area contributed by atoms with Crippen molar-refractivity contribution in [2.75, 3.05) is 0 Å². The van der Waals surface area contributed by atoms with Crippen LogP contribution in [-0.2, 0) is 18.2 Å². The molecule has 12 heteroatoms. The second kappa shape index (κ2) is 9.69. The zero-order chi connectivity index (χ0) is 11.7. The molecular formula is C2H14N4O6P2. The minimum atomic E-state index is -3.13. The predicted octanol–water partition coefficient (Wildman–Crippen LogP) is -2.83. The van der Waals surface area contributed by atoms with Crippen molar-refractivity contribution in [3.8, 4) is 0 Å². The van der Waals surface area contributed by atoms with Crippen molar-refractivity contribution >= 4 is 16.5 Å². The first kappa shape index (κ1) is 16.6. The third-order valence-electron chi connectivity index (χ3n) is 0.425. The molecule has 10 N–H and O–H groups in total. The molecule has 1 aliphatic heterocycles. The van der Waals surface area contributed by atoms with E-state index in [2.05, 4.69) is 26.2 Å². The SMILES string of the molecule is NC(N)N.NC1O[PH](=O)O1.O=[PH](O)O. The number of hydrogen-bond donors (Lipinski definition) is 6. The third-order valence-corrected chi connectivity index (χ3v) is 1.27. The Balaban J connectivity index is 0. The second-order valence-electron chi connectivity index (χ2n) is 1.71. The van der Waals surface area contributed by atoms with Crippen LogP contribution >= 0.6 is 16.5 Å². The molecule has 14 heavy (non-hydrogen) atoms. The van der Waals surface area contributed by atoms with Crippen molar-refractivity contribution in [3.63, 3.8) is 0 Å². The van der Waals surface area contributed by atoms with Gasteiger partial charge >= 0.3 is 16.5 Å². The highest BCUT2D eigenvalue weighted by atomic mass is 31.1. The van der Waals surface area contributed by atoms with Crippen LogP contribution in [0.3, 0.4) is 0 Å². The van der Waals surface area contributed by atoms with Gasteiger partial charge in [0.15, 0.2) is 0 Å². The lowest BCUT2D eigenvalue weighted by molar-refractivity contribution is -0.0712. The maximum absolute atomic E-state index is 9.77. The van der Waals surface area contributed by atoms with Crippen LogP contribution in [0.5, 0.6) is 0 Å². The zero-order valence-corrected chi connectivity index (χ0v) is 8.99. The number of nitrogens with two attached hydrogens (primary N) is 4. The van der Waals surface area contributed by atoms with Crippen LogP contribution in [0.25, 0.3) is 0 Å². The van der Waals surface area contributed by atoms with Crippen molar-refractivity contribution in [1.82, 2.24) is 0 Å². The summed E-state index contributed by atoms with van der Waals surface area (Å²) in [6, 6.07) is 0. The number of hydrogen-bond acceptors (Lipinski definition) is 8. The van der Waals surface area contributed by atoms with Gasteiger partial charge in [-0.1, -0.05) is 0 Å². The molecule has 1 aliphatic rings. The average molecular weight is 252 g/mol. The van der Waals surface area contributed by atoms with Crippen molar-refractivity contribution in [2.24, 2.45) is 22.9 Å². The van der Waals surface area contributed by atoms with Gasteiger partial charge in [-0.05, 0) is 0 Å². The van der Waals surface area contributed by atoms with Crippen LogP contribution in [0.2, 0.25) is 0 Å². The normalized spacial score (nSPS) is 24.3. The molecule has 0 atom stereocenters. The fourth-order valence-corrected chi connectivity index (χ4v) is 0.596. The summed E-state index contributed by atoms with van der Waals surface area (Å²) in [6.07, 6.45) is -1.39. The van der Waals surface area contributed by atoms with Crippen LogP contribution in [0.4, 0.5) is 0 Å². The first-order valence-electron chi connectivity index (χ1n) is 3.07. The van der Waals surface area contributed by atoms with Gasteiger partial charge in [0.1, 0.15) is 6.29 Å². The Hall–Kier alpha value is 0.140. The lowest BCUT2D eigenvalue weighted by atomic mass is 11.0. The Morgan fingerprint density at radius 3 is 1.50 bits per heavy atom. The van der Waals surface area contributed by atoms with Gasteiger partial charge in [-0.25, -0.2) is 0 Å². The van der Waals surface area contributed by atoms with E-state index in [-0.39, 0.29) is 0 Å². The smallest absolute Gasteiger partial charge is 0.325 e. The Labute approximate surface area is 81.0 Å². The summed E-state index contributed by atoms with van der Waals surface area (Å²) in [5.41, 5.74) is 18.8. The predicted molar refractivity (Wildman–Crippen MR) is 48.9 cm³/mol. The topological polar surface area (TPSA) is 197 Å². The molecule has 88 valence electrons. The Bertz CT molecular complexity index is 174. The second-order valence-corrected chi connectivity index (χ2v) is 3.25. The molecule has 0 aliphatic carbocycles. The minimum absolute atomic E-state index is 0.667. The van der Waals surface area contributed by atoms with E-state index < -0.39 is 29.2 Å². The van der Waals surface area contributed by atoms with Crippen molar-refractivity contribution < 1.29 is 28.0 Å². The lowest BCUT2D eigenvalue weighted by Gasteiger charge is -2.20. The highest BCUT2D eigenvalue weighted by Crippen LogP contribution is 2.36. The number of rotatable bonds is 0. The largest absolute Gasteiger partial charge is 0.326 e. The summed E-state index contributed by atoms with van der Waals surface area (Å²) in [6.45, 7) is 0. The quantitative estimate of drug-likeness (QED) is 0.193. The van der Waals surface area contributed by atoms with Gasteiger partial charge in [-0.3, -0.25) is 23.9 Å². The molecule has 1 rings (SSSR count). The van der Waals surface area contributed by atoms with Crippen LogP contribution in [0.15, 0.2) is 0 Å². The average Bonchev–Trinajstić information content (AvgIpc) is 1.81. The van der Waals surface area contributed by atoms with Gasteiger partial charge in [0.25, 0.3) is 0 Å². The minimum Gasteiger partial charge on any atom is -0.326 e. The Morgan fingerprint density at radius 1 is 1.29 bits per heavy atom. The molecule has 1 saturated heterocycles. The standard InChI is InChI=1S/CH7N3.CH4NO3P.H3O3P/c2-1(3)4;2-1-4-6(3)5-1;1-4(2)3/h1H,2-4H2;1,6H,2H2;4H,(H2,1,2,3). The first-order chi connectivity index (χ1) is 6.25.